The average Bonchev–Trinajstić information content (AvgIpc) is 2.14. The van der Waals surface area contributed by atoms with E-state index in [1.807, 2.05) is 0 Å². The Hall–Kier alpha value is 1.06. The molecule has 0 heterocycles. The summed E-state index contributed by atoms with van der Waals surface area (Å²) >= 11 is 4.64. The van der Waals surface area contributed by atoms with Gasteiger partial charge in [-0.2, -0.15) is 0 Å². The van der Waals surface area contributed by atoms with Crippen molar-refractivity contribution in [2.24, 2.45) is 0 Å². The number of hydrogen-bond acceptors (Lipinski definition) is 1. The van der Waals surface area contributed by atoms with Gasteiger partial charge in [-0.05, 0) is 0 Å². The molecule has 13 heavy (non-hydrogen) atoms. The van der Waals surface area contributed by atoms with Crippen molar-refractivity contribution in [2.75, 3.05) is 6.61 Å². The number of hydrogen-bond donors (Lipinski definition) is 0. The van der Waals surface area contributed by atoms with Crippen LogP contribution in [0.1, 0.15) is 39.5 Å². The van der Waals surface area contributed by atoms with Crippen molar-refractivity contribution in [3.8, 4) is 0 Å². The summed E-state index contributed by atoms with van der Waals surface area (Å²) in [5, 5.41) is 0.604. The van der Waals surface area contributed by atoms with E-state index in [1.165, 1.54) is 3.08 Å². The van der Waals surface area contributed by atoms with Gasteiger partial charge in [-0.25, -0.2) is 0 Å². The van der Waals surface area contributed by atoms with Crippen LogP contribution in [0.25, 0.3) is 0 Å². The Labute approximate surface area is 102 Å². The summed E-state index contributed by atoms with van der Waals surface area (Å²) in [6, 6.07) is 0. The molecule has 0 aromatic carbocycles. The average molecular weight is 412 g/mol. The molecule has 0 aromatic heterocycles. The second-order valence-corrected chi connectivity index (χ2v) is 10.0. The maximum atomic E-state index is 5.99. The van der Waals surface area contributed by atoms with E-state index < -0.39 is 23.3 Å². The summed E-state index contributed by atoms with van der Waals surface area (Å²) in [7, 11) is 5.95. The molecule has 0 radical (unpaired) electrons. The van der Waals surface area contributed by atoms with E-state index in [2.05, 4.69) is 13.8 Å². The van der Waals surface area contributed by atoms with Crippen molar-refractivity contribution in [1.82, 2.24) is 0 Å². The Bertz CT molecular complexity index is 160. The zero-order chi connectivity index (χ0) is 10.1. The van der Waals surface area contributed by atoms with E-state index in [4.69, 9.17) is 24.6 Å². The number of rotatable bonds is 7. The Morgan fingerprint density at radius 1 is 1.31 bits per heavy atom. The molecular formula is C9H16Cl2HgO. The van der Waals surface area contributed by atoms with Crippen LogP contribution in [0.15, 0.2) is 8.30 Å². The SMILES string of the molecule is CCCCO/C(Cl)=[C](/CCC)[Hg][Cl]. The minimum absolute atomic E-state index is 0.604. The molecule has 0 aromatic rings. The van der Waals surface area contributed by atoms with Gasteiger partial charge in [0.15, 0.2) is 0 Å². The predicted octanol–water partition coefficient (Wildman–Crippen LogP) is 4.25. The summed E-state index contributed by atoms with van der Waals surface area (Å²) in [6.07, 6.45) is 4.33. The molecule has 0 aliphatic rings. The van der Waals surface area contributed by atoms with Crippen LogP contribution in [0.3, 0.4) is 0 Å². The molecule has 74 valence electrons. The van der Waals surface area contributed by atoms with Gasteiger partial charge in [-0.15, -0.1) is 0 Å². The summed E-state index contributed by atoms with van der Waals surface area (Å²) in [6.45, 7) is 5.00. The zero-order valence-electron chi connectivity index (χ0n) is 8.41. The van der Waals surface area contributed by atoms with Crippen molar-refractivity contribution >= 4 is 19.9 Å². The molecule has 0 amide bonds. The second-order valence-electron chi connectivity index (χ2n) is 2.96. The quantitative estimate of drug-likeness (QED) is 0.346. The van der Waals surface area contributed by atoms with Crippen LogP contribution < -0.4 is 0 Å². The standard InChI is InChI=1S/C9H16ClO.ClH.Hg/c1-3-5-7-9(10)11-8-6-4-2;;/h3-6,8H2,1-2H3;1H;/q;;+1/p-1. The minimum atomic E-state index is -1.35. The fourth-order valence-corrected chi connectivity index (χ4v) is 7.22. The van der Waals surface area contributed by atoms with E-state index in [9.17, 15) is 0 Å². The Balaban J connectivity index is 3.89. The van der Waals surface area contributed by atoms with Gasteiger partial charge < -0.3 is 0 Å². The molecule has 0 atom stereocenters. The van der Waals surface area contributed by atoms with Crippen molar-refractivity contribution in [3.63, 3.8) is 0 Å². The van der Waals surface area contributed by atoms with E-state index >= 15 is 0 Å². The van der Waals surface area contributed by atoms with Gasteiger partial charge in [0.2, 0.25) is 0 Å². The number of unbranched alkanes of at least 4 members (excludes halogenated alkanes) is 1. The van der Waals surface area contributed by atoms with Crippen molar-refractivity contribution < 1.29 is 28.1 Å². The molecule has 0 rings (SSSR count). The topological polar surface area (TPSA) is 9.23 Å². The first kappa shape index (κ1) is 14.1. The molecule has 0 aliphatic heterocycles. The van der Waals surface area contributed by atoms with Gasteiger partial charge >= 0.3 is 102 Å². The molecule has 0 aliphatic carbocycles. The first-order valence-corrected chi connectivity index (χ1v) is 14.7. The molecular weight excluding hydrogens is 396 g/mol. The van der Waals surface area contributed by atoms with Crippen LogP contribution >= 0.6 is 19.9 Å². The molecule has 0 bridgehead atoms. The summed E-state index contributed by atoms with van der Waals surface area (Å²) in [4.78, 5) is 0. The molecule has 1 nitrogen and oxygen atoms in total. The fourth-order valence-electron chi connectivity index (χ4n) is 0.928. The first-order valence-electron chi connectivity index (χ1n) is 4.82. The summed E-state index contributed by atoms with van der Waals surface area (Å²) in [5.41, 5.74) is 0. The molecule has 0 saturated carbocycles. The van der Waals surface area contributed by atoms with Crippen LogP contribution in [0.5, 0.6) is 0 Å². The van der Waals surface area contributed by atoms with Crippen LogP contribution in [-0.2, 0) is 28.1 Å². The van der Waals surface area contributed by atoms with Crippen molar-refractivity contribution in [2.45, 2.75) is 39.5 Å². The third kappa shape index (κ3) is 7.04. The number of ether oxygens (including phenoxy) is 1. The number of allylic oxidation sites excluding steroid dienone is 1. The Kier molecular flexibility index (Phi) is 10.4. The normalized spacial score (nSPS) is 12.0. The van der Waals surface area contributed by atoms with Crippen LogP contribution in [-0.4, -0.2) is 6.61 Å². The predicted molar refractivity (Wildman–Crippen MR) is 54.5 cm³/mol. The molecule has 0 unspecified atom stereocenters. The molecule has 4 heteroatoms. The zero-order valence-corrected chi connectivity index (χ0v) is 15.4. The molecule has 0 N–H and O–H groups in total. The van der Waals surface area contributed by atoms with Gasteiger partial charge in [-0.1, -0.05) is 0 Å². The van der Waals surface area contributed by atoms with Crippen LogP contribution in [0, 0.1) is 0 Å². The molecule has 0 saturated heterocycles. The third-order valence-electron chi connectivity index (χ3n) is 1.72. The second kappa shape index (κ2) is 9.60. The van der Waals surface area contributed by atoms with Crippen LogP contribution in [0.2, 0.25) is 0 Å². The number of halogens is 2. The van der Waals surface area contributed by atoms with Gasteiger partial charge in [0, 0.05) is 0 Å². The summed E-state index contributed by atoms with van der Waals surface area (Å²) < 4.78 is 6.64. The Morgan fingerprint density at radius 2 is 2.00 bits per heavy atom. The van der Waals surface area contributed by atoms with E-state index in [0.717, 1.165) is 32.3 Å². The van der Waals surface area contributed by atoms with E-state index in [-0.39, 0.29) is 0 Å². The first-order chi connectivity index (χ1) is 6.26. The van der Waals surface area contributed by atoms with Crippen LogP contribution in [0.4, 0.5) is 0 Å². The van der Waals surface area contributed by atoms with Crippen molar-refractivity contribution in [3.05, 3.63) is 8.30 Å². The van der Waals surface area contributed by atoms with E-state index in [1.54, 1.807) is 0 Å². The Morgan fingerprint density at radius 3 is 2.46 bits per heavy atom. The van der Waals surface area contributed by atoms with Gasteiger partial charge in [0.1, 0.15) is 0 Å². The molecule has 0 fully saturated rings. The summed E-state index contributed by atoms with van der Waals surface area (Å²) in [5.74, 6) is 0. The van der Waals surface area contributed by atoms with Gasteiger partial charge in [0.25, 0.3) is 0 Å². The van der Waals surface area contributed by atoms with Gasteiger partial charge in [-0.3, -0.25) is 0 Å². The molecule has 0 spiro atoms. The van der Waals surface area contributed by atoms with Crippen molar-refractivity contribution in [1.29, 1.82) is 0 Å². The monoisotopic (exact) mass is 412 g/mol. The third-order valence-corrected chi connectivity index (χ3v) is 9.67. The fraction of sp³-hybridized carbons (Fsp3) is 0.778. The maximum absolute atomic E-state index is 5.99. The van der Waals surface area contributed by atoms with E-state index in [0.29, 0.717) is 5.22 Å². The van der Waals surface area contributed by atoms with Gasteiger partial charge in [0.05, 0.1) is 0 Å².